The Bertz CT molecular complexity index is 900. The van der Waals surface area contributed by atoms with E-state index in [0.717, 1.165) is 26.9 Å². The van der Waals surface area contributed by atoms with Crippen molar-refractivity contribution >= 4 is 45.5 Å². The summed E-state index contributed by atoms with van der Waals surface area (Å²) in [6.45, 7) is 1.94. The first-order valence-corrected chi connectivity index (χ1v) is 7.44. The van der Waals surface area contributed by atoms with E-state index in [1.807, 2.05) is 24.5 Å². The number of fused-ring (bicyclic) bond motifs is 1. The Balaban J connectivity index is 2.01. The van der Waals surface area contributed by atoms with Gasteiger partial charge in [-0.1, -0.05) is 18.2 Å². The van der Waals surface area contributed by atoms with Crippen molar-refractivity contribution < 1.29 is 9.90 Å². The highest BCUT2D eigenvalue weighted by Gasteiger charge is 2.07. The van der Waals surface area contributed by atoms with Crippen molar-refractivity contribution in [3.8, 4) is 0 Å². The third-order valence-electron chi connectivity index (χ3n) is 3.38. The van der Waals surface area contributed by atoms with Crippen molar-refractivity contribution in [3.05, 3.63) is 52.2 Å². The number of nitrogen functional groups attached to an aromatic ring is 1. The van der Waals surface area contributed by atoms with E-state index in [9.17, 15) is 4.79 Å². The largest absolute Gasteiger partial charge is 0.478 e. The van der Waals surface area contributed by atoms with Crippen molar-refractivity contribution in [3.63, 3.8) is 0 Å². The van der Waals surface area contributed by atoms with Crippen LogP contribution in [0, 0.1) is 6.92 Å². The van der Waals surface area contributed by atoms with Crippen LogP contribution in [0.5, 0.6) is 0 Å². The molecule has 0 unspecified atom stereocenters. The van der Waals surface area contributed by atoms with Gasteiger partial charge >= 0.3 is 5.97 Å². The minimum atomic E-state index is -0.934. The van der Waals surface area contributed by atoms with Crippen molar-refractivity contribution in [2.75, 3.05) is 5.73 Å². The monoisotopic (exact) mass is 311 g/mol. The molecule has 1 aromatic carbocycles. The number of hydrogen-bond acceptors (Lipinski definition) is 5. The van der Waals surface area contributed by atoms with Gasteiger partial charge < -0.3 is 10.8 Å². The van der Waals surface area contributed by atoms with Crippen LogP contribution < -0.4 is 5.73 Å². The Hall–Kier alpha value is -2.73. The average molecular weight is 311 g/mol. The zero-order valence-electron chi connectivity index (χ0n) is 11.8. The molecule has 0 aliphatic rings. The molecule has 2 heterocycles. The van der Waals surface area contributed by atoms with Crippen LogP contribution in [-0.2, 0) is 0 Å². The minimum Gasteiger partial charge on any atom is -0.478 e. The van der Waals surface area contributed by atoms with Crippen molar-refractivity contribution in [2.45, 2.75) is 6.92 Å². The number of carboxylic acids is 1. The summed E-state index contributed by atoms with van der Waals surface area (Å²) in [5, 5.41) is 11.0. The molecule has 3 rings (SSSR count). The summed E-state index contributed by atoms with van der Waals surface area (Å²) >= 11 is 1.49. The highest BCUT2D eigenvalue weighted by atomic mass is 32.1. The molecule has 0 saturated heterocycles. The molecule has 0 saturated carbocycles. The third-order valence-corrected chi connectivity index (χ3v) is 4.39. The van der Waals surface area contributed by atoms with E-state index < -0.39 is 5.97 Å². The summed E-state index contributed by atoms with van der Waals surface area (Å²) in [7, 11) is 0. The van der Waals surface area contributed by atoms with Crippen molar-refractivity contribution in [1.82, 2.24) is 9.97 Å². The van der Waals surface area contributed by atoms with Gasteiger partial charge in [-0.05, 0) is 30.2 Å². The normalized spacial score (nSPS) is 11.3. The zero-order chi connectivity index (χ0) is 15.7. The molecular weight excluding hydrogens is 298 g/mol. The quantitative estimate of drug-likeness (QED) is 0.773. The Morgan fingerprint density at radius 1 is 1.27 bits per heavy atom. The van der Waals surface area contributed by atoms with Crippen LogP contribution in [0.3, 0.4) is 0 Å². The van der Waals surface area contributed by atoms with E-state index in [-0.39, 0.29) is 5.56 Å². The highest BCUT2D eigenvalue weighted by Crippen LogP contribution is 2.29. The van der Waals surface area contributed by atoms with Crippen LogP contribution in [0.2, 0.25) is 0 Å². The van der Waals surface area contributed by atoms with Gasteiger partial charge in [-0.2, -0.15) is 0 Å². The molecule has 5 nitrogen and oxygen atoms in total. The second kappa shape index (κ2) is 5.57. The maximum Gasteiger partial charge on any atom is 0.335 e. The second-order valence-electron chi connectivity index (χ2n) is 4.84. The first kappa shape index (κ1) is 14.2. The number of hydrogen-bond donors (Lipinski definition) is 2. The molecule has 0 amide bonds. The molecule has 22 heavy (non-hydrogen) atoms. The maximum atomic E-state index is 11.1. The standard InChI is InChI=1S/C16H13N3O2S/c1-9-2-3-11(16(20)21)6-10(9)4-5-12-7-22-14-13(12)18-8-19-15(14)17/h2-8H,1H3,(H,20,21)(H2,17,18,19). The van der Waals surface area contributed by atoms with E-state index in [0.29, 0.717) is 5.82 Å². The number of thiophene rings is 1. The fourth-order valence-electron chi connectivity index (χ4n) is 2.14. The van der Waals surface area contributed by atoms with Gasteiger partial charge in [0.25, 0.3) is 0 Å². The second-order valence-corrected chi connectivity index (χ2v) is 5.72. The first-order valence-electron chi connectivity index (χ1n) is 6.56. The smallest absolute Gasteiger partial charge is 0.335 e. The number of carbonyl (C=O) groups is 1. The number of rotatable bonds is 3. The average Bonchev–Trinajstić information content (AvgIpc) is 2.91. The van der Waals surface area contributed by atoms with E-state index in [1.165, 1.54) is 17.7 Å². The van der Waals surface area contributed by atoms with Gasteiger partial charge in [0, 0.05) is 10.9 Å². The van der Waals surface area contributed by atoms with Crippen LogP contribution in [0.25, 0.3) is 22.4 Å². The molecule has 0 atom stereocenters. The number of anilines is 1. The lowest BCUT2D eigenvalue weighted by Gasteiger charge is -2.02. The van der Waals surface area contributed by atoms with Crippen molar-refractivity contribution in [2.24, 2.45) is 0 Å². The number of aryl methyl sites for hydroxylation is 1. The molecule has 110 valence electrons. The number of carboxylic acid groups (broad SMARTS) is 1. The van der Waals surface area contributed by atoms with Gasteiger partial charge in [0.05, 0.1) is 15.8 Å². The first-order chi connectivity index (χ1) is 10.6. The summed E-state index contributed by atoms with van der Waals surface area (Å²) in [4.78, 5) is 19.3. The Kier molecular flexibility index (Phi) is 3.60. The molecule has 0 fully saturated rings. The summed E-state index contributed by atoms with van der Waals surface area (Å²) in [5.41, 5.74) is 9.71. The predicted molar refractivity (Wildman–Crippen MR) is 88.9 cm³/mol. The summed E-state index contributed by atoms with van der Waals surface area (Å²) < 4.78 is 0.859. The zero-order valence-corrected chi connectivity index (χ0v) is 12.6. The summed E-state index contributed by atoms with van der Waals surface area (Å²) in [5.74, 6) is -0.463. The molecule has 0 spiro atoms. The van der Waals surface area contributed by atoms with Gasteiger partial charge in [-0.15, -0.1) is 11.3 Å². The molecule has 0 radical (unpaired) electrons. The Labute approximate surface area is 130 Å². The number of nitrogens with two attached hydrogens (primary N) is 1. The molecule has 2 aromatic heterocycles. The third kappa shape index (κ3) is 2.56. The molecule has 0 bridgehead atoms. The fourth-order valence-corrected chi connectivity index (χ4v) is 3.03. The minimum absolute atomic E-state index is 0.270. The Morgan fingerprint density at radius 2 is 2.05 bits per heavy atom. The number of benzene rings is 1. The lowest BCUT2D eigenvalue weighted by Crippen LogP contribution is -1.97. The Morgan fingerprint density at radius 3 is 2.82 bits per heavy atom. The van der Waals surface area contributed by atoms with Gasteiger partial charge in [0.2, 0.25) is 0 Å². The number of aromatic nitrogens is 2. The molecule has 0 aliphatic carbocycles. The van der Waals surface area contributed by atoms with Crippen LogP contribution in [0.4, 0.5) is 5.82 Å². The van der Waals surface area contributed by atoms with Crippen molar-refractivity contribution in [1.29, 1.82) is 0 Å². The summed E-state index contributed by atoms with van der Waals surface area (Å²) in [6, 6.07) is 5.06. The molecule has 3 N–H and O–H groups in total. The molecular formula is C16H13N3O2S. The molecule has 0 aliphatic heterocycles. The van der Waals surface area contributed by atoms with E-state index in [1.54, 1.807) is 18.2 Å². The fraction of sp³-hybridized carbons (Fsp3) is 0.0625. The molecule has 3 aromatic rings. The van der Waals surface area contributed by atoms with Crippen LogP contribution in [0.1, 0.15) is 27.0 Å². The van der Waals surface area contributed by atoms with Gasteiger partial charge in [-0.25, -0.2) is 14.8 Å². The molecule has 6 heteroatoms. The topological polar surface area (TPSA) is 89.1 Å². The predicted octanol–water partition coefficient (Wildman–Crippen LogP) is 3.45. The van der Waals surface area contributed by atoms with E-state index in [4.69, 9.17) is 10.8 Å². The SMILES string of the molecule is Cc1ccc(C(=O)O)cc1C=Cc1csc2c(N)ncnc12. The van der Waals surface area contributed by atoms with Gasteiger partial charge in [-0.3, -0.25) is 0 Å². The summed E-state index contributed by atoms with van der Waals surface area (Å²) in [6.07, 6.45) is 5.25. The number of aromatic carboxylic acids is 1. The number of nitrogens with zero attached hydrogens (tertiary/aromatic N) is 2. The van der Waals surface area contributed by atoms with E-state index in [2.05, 4.69) is 9.97 Å². The highest BCUT2D eigenvalue weighted by molar-refractivity contribution is 7.18. The van der Waals surface area contributed by atoms with Gasteiger partial charge in [0.1, 0.15) is 12.1 Å². The lowest BCUT2D eigenvalue weighted by molar-refractivity contribution is 0.0697. The van der Waals surface area contributed by atoms with Crippen LogP contribution >= 0.6 is 11.3 Å². The maximum absolute atomic E-state index is 11.1. The van der Waals surface area contributed by atoms with Gasteiger partial charge in [0.15, 0.2) is 0 Å². The van der Waals surface area contributed by atoms with Crippen LogP contribution in [-0.4, -0.2) is 21.0 Å². The van der Waals surface area contributed by atoms with Crippen LogP contribution in [0.15, 0.2) is 29.9 Å². The van der Waals surface area contributed by atoms with E-state index >= 15 is 0 Å². The lowest BCUT2D eigenvalue weighted by atomic mass is 10.0.